The number of hydrogen-bond acceptors (Lipinski definition) is 1. The van der Waals surface area contributed by atoms with Crippen molar-refractivity contribution in [2.45, 2.75) is 20.3 Å². The van der Waals surface area contributed by atoms with Crippen molar-refractivity contribution in [3.05, 3.63) is 36.1 Å². The zero-order valence-electron chi connectivity index (χ0n) is 8.20. The van der Waals surface area contributed by atoms with Crippen molar-refractivity contribution in [2.24, 2.45) is 16.8 Å². The van der Waals surface area contributed by atoms with E-state index in [-0.39, 0.29) is 0 Å². The summed E-state index contributed by atoms with van der Waals surface area (Å²) in [5.41, 5.74) is 2.75. The van der Waals surface area contributed by atoms with Gasteiger partial charge < -0.3 is 0 Å². The van der Waals surface area contributed by atoms with Gasteiger partial charge in [0.05, 0.1) is 0 Å². The van der Waals surface area contributed by atoms with E-state index < -0.39 is 0 Å². The summed E-state index contributed by atoms with van der Waals surface area (Å²) in [5.74, 6) is 1.18. The highest BCUT2D eigenvalue weighted by atomic mass is 14.7. The molecule has 0 spiro atoms. The second-order valence-corrected chi connectivity index (χ2v) is 3.91. The molecule has 0 bridgehead atoms. The van der Waals surface area contributed by atoms with Gasteiger partial charge in [0.2, 0.25) is 0 Å². The smallest absolute Gasteiger partial charge is 0.0478 e. The van der Waals surface area contributed by atoms with Crippen LogP contribution in [0.2, 0.25) is 0 Å². The van der Waals surface area contributed by atoms with Gasteiger partial charge in [0.15, 0.2) is 0 Å². The first-order valence-corrected chi connectivity index (χ1v) is 4.90. The molecule has 0 amide bonds. The lowest BCUT2D eigenvalue weighted by Crippen LogP contribution is -2.21. The van der Waals surface area contributed by atoms with Gasteiger partial charge in [0.25, 0.3) is 0 Å². The monoisotopic (exact) mass is 173 g/mol. The molecule has 0 fully saturated rings. The lowest BCUT2D eigenvalue weighted by molar-refractivity contribution is 0.650. The van der Waals surface area contributed by atoms with Gasteiger partial charge in [-0.2, -0.15) is 0 Å². The van der Waals surface area contributed by atoms with Gasteiger partial charge in [0, 0.05) is 17.8 Å². The SMILES string of the molecule is CC(C)C1=CC=CC2=NC=CCC12. The molecule has 0 radical (unpaired) electrons. The van der Waals surface area contributed by atoms with E-state index in [2.05, 4.69) is 43.1 Å². The van der Waals surface area contributed by atoms with Crippen LogP contribution >= 0.6 is 0 Å². The first kappa shape index (κ1) is 8.49. The molecule has 0 aromatic heterocycles. The standard InChI is InChI=1S/C12H15N/c1-9(2)10-5-3-7-12-11(10)6-4-8-13-12/h3-5,7-9,11H,6H2,1-2H3. The Labute approximate surface area is 79.6 Å². The minimum absolute atomic E-state index is 0.551. The summed E-state index contributed by atoms with van der Waals surface area (Å²) in [6.07, 6.45) is 11.7. The van der Waals surface area contributed by atoms with E-state index in [4.69, 9.17) is 0 Å². The van der Waals surface area contributed by atoms with E-state index in [1.165, 1.54) is 11.3 Å². The van der Waals surface area contributed by atoms with E-state index in [1.54, 1.807) is 0 Å². The summed E-state index contributed by atoms with van der Waals surface area (Å²) in [6, 6.07) is 0. The Morgan fingerprint density at radius 3 is 3.08 bits per heavy atom. The quantitative estimate of drug-likeness (QED) is 0.577. The average Bonchev–Trinajstić information content (AvgIpc) is 2.17. The van der Waals surface area contributed by atoms with Crippen LogP contribution in [0.1, 0.15) is 20.3 Å². The molecule has 68 valence electrons. The lowest BCUT2D eigenvalue weighted by atomic mass is 9.80. The van der Waals surface area contributed by atoms with Crippen molar-refractivity contribution in [2.75, 3.05) is 0 Å². The summed E-state index contributed by atoms with van der Waals surface area (Å²) in [6.45, 7) is 4.50. The molecule has 13 heavy (non-hydrogen) atoms. The van der Waals surface area contributed by atoms with E-state index in [1.807, 2.05) is 6.20 Å². The molecule has 1 heterocycles. The Balaban J connectivity index is 2.32. The van der Waals surface area contributed by atoms with Crippen LogP contribution in [0.15, 0.2) is 41.1 Å². The molecule has 2 rings (SSSR count). The third-order valence-corrected chi connectivity index (χ3v) is 2.68. The average molecular weight is 173 g/mol. The number of hydrogen-bond donors (Lipinski definition) is 0. The maximum absolute atomic E-state index is 4.39. The first-order chi connectivity index (χ1) is 6.29. The van der Waals surface area contributed by atoms with Gasteiger partial charge in [-0.1, -0.05) is 37.6 Å². The van der Waals surface area contributed by atoms with Crippen LogP contribution in [0.4, 0.5) is 0 Å². The predicted octanol–water partition coefficient (Wildman–Crippen LogP) is 3.11. The fourth-order valence-electron chi connectivity index (χ4n) is 1.98. The van der Waals surface area contributed by atoms with Gasteiger partial charge in [-0.25, -0.2) is 0 Å². The number of nitrogens with zero attached hydrogens (tertiary/aromatic N) is 1. The molecule has 1 heteroatoms. The fourth-order valence-corrected chi connectivity index (χ4v) is 1.98. The fraction of sp³-hybridized carbons (Fsp3) is 0.417. The summed E-state index contributed by atoms with van der Waals surface area (Å²) in [4.78, 5) is 4.39. The third-order valence-electron chi connectivity index (χ3n) is 2.68. The van der Waals surface area contributed by atoms with Crippen molar-refractivity contribution in [3.8, 4) is 0 Å². The van der Waals surface area contributed by atoms with Gasteiger partial charge >= 0.3 is 0 Å². The van der Waals surface area contributed by atoms with Crippen molar-refractivity contribution >= 4 is 5.71 Å². The maximum Gasteiger partial charge on any atom is 0.0478 e. The molecule has 2 aliphatic rings. The molecule has 1 unspecified atom stereocenters. The highest BCUT2D eigenvalue weighted by molar-refractivity contribution is 6.01. The van der Waals surface area contributed by atoms with Crippen molar-refractivity contribution in [1.29, 1.82) is 0 Å². The Morgan fingerprint density at radius 1 is 1.46 bits per heavy atom. The van der Waals surface area contributed by atoms with E-state index in [0.717, 1.165) is 6.42 Å². The zero-order chi connectivity index (χ0) is 9.26. The Hall–Kier alpha value is -1.11. The molecular formula is C12H15N. The summed E-state index contributed by atoms with van der Waals surface area (Å²) < 4.78 is 0. The molecule has 0 saturated heterocycles. The minimum Gasteiger partial charge on any atom is -0.261 e. The molecule has 1 atom stereocenters. The number of rotatable bonds is 1. The van der Waals surface area contributed by atoms with Gasteiger partial charge in [-0.15, -0.1) is 0 Å². The molecule has 0 saturated carbocycles. The van der Waals surface area contributed by atoms with E-state index in [9.17, 15) is 0 Å². The first-order valence-electron chi connectivity index (χ1n) is 4.90. The molecule has 0 aromatic carbocycles. The topological polar surface area (TPSA) is 12.4 Å². The normalized spacial score (nSPS) is 25.6. The van der Waals surface area contributed by atoms with Crippen molar-refractivity contribution in [1.82, 2.24) is 0 Å². The van der Waals surface area contributed by atoms with Crippen LogP contribution in [0.25, 0.3) is 0 Å². The molecule has 0 N–H and O–H groups in total. The lowest BCUT2D eigenvalue weighted by Gasteiger charge is -2.26. The minimum atomic E-state index is 0.551. The van der Waals surface area contributed by atoms with Crippen LogP contribution in [0.5, 0.6) is 0 Å². The molecule has 0 aromatic rings. The Bertz CT molecular complexity index is 316. The van der Waals surface area contributed by atoms with Crippen LogP contribution in [0.3, 0.4) is 0 Å². The molecular weight excluding hydrogens is 158 g/mol. The Morgan fingerprint density at radius 2 is 2.31 bits per heavy atom. The summed E-state index contributed by atoms with van der Waals surface area (Å²) >= 11 is 0. The van der Waals surface area contributed by atoms with Crippen LogP contribution in [-0.4, -0.2) is 5.71 Å². The zero-order valence-corrected chi connectivity index (χ0v) is 8.20. The summed E-state index contributed by atoms with van der Waals surface area (Å²) in [7, 11) is 0. The highest BCUT2D eigenvalue weighted by Gasteiger charge is 2.23. The maximum atomic E-state index is 4.39. The van der Waals surface area contributed by atoms with Gasteiger partial charge in [0.1, 0.15) is 0 Å². The number of aliphatic imine (C=N–C) groups is 1. The van der Waals surface area contributed by atoms with Crippen molar-refractivity contribution < 1.29 is 0 Å². The second-order valence-electron chi connectivity index (χ2n) is 3.91. The van der Waals surface area contributed by atoms with Crippen molar-refractivity contribution in [3.63, 3.8) is 0 Å². The van der Waals surface area contributed by atoms with Gasteiger partial charge in [-0.3, -0.25) is 4.99 Å². The van der Waals surface area contributed by atoms with Crippen LogP contribution in [0, 0.1) is 11.8 Å². The van der Waals surface area contributed by atoms with Crippen LogP contribution in [-0.2, 0) is 0 Å². The second kappa shape index (κ2) is 3.33. The largest absolute Gasteiger partial charge is 0.261 e. The number of allylic oxidation sites excluding steroid dienone is 5. The molecule has 1 nitrogen and oxygen atoms in total. The highest BCUT2D eigenvalue weighted by Crippen LogP contribution is 2.30. The molecule has 1 aliphatic carbocycles. The van der Waals surface area contributed by atoms with E-state index >= 15 is 0 Å². The third kappa shape index (κ3) is 1.51. The van der Waals surface area contributed by atoms with E-state index in [0.29, 0.717) is 11.8 Å². The van der Waals surface area contributed by atoms with Gasteiger partial charge in [-0.05, 0) is 18.4 Å². The number of fused-ring (bicyclic) bond motifs is 1. The summed E-state index contributed by atoms with van der Waals surface area (Å²) in [5, 5.41) is 0. The van der Waals surface area contributed by atoms with Crippen LogP contribution < -0.4 is 0 Å². The molecule has 1 aliphatic heterocycles. The predicted molar refractivity (Wildman–Crippen MR) is 56.7 cm³/mol. The Kier molecular flexibility index (Phi) is 2.17.